The van der Waals surface area contributed by atoms with Crippen molar-refractivity contribution in [2.45, 2.75) is 51.1 Å². The van der Waals surface area contributed by atoms with Gasteiger partial charge in [-0.1, -0.05) is 0 Å². The van der Waals surface area contributed by atoms with E-state index in [4.69, 9.17) is 0 Å². The number of aryl methyl sites for hydroxylation is 2. The second-order valence-electron chi connectivity index (χ2n) is 9.45. The molecule has 3 aromatic heterocycles. The molecule has 1 aromatic carbocycles. The number of imidazole rings is 1. The minimum absolute atomic E-state index is 0.198. The van der Waals surface area contributed by atoms with Gasteiger partial charge in [-0.2, -0.15) is 10.2 Å². The average molecular weight is 435 g/mol. The van der Waals surface area contributed by atoms with Crippen LogP contribution in [0.25, 0.3) is 27.8 Å². The number of rotatable bonds is 4. The standard InChI is InChI=1S/C24H27FN6O/c1-15-9-21(27-31-13-16(2)26-23(15)31)17-10-18-14-30(28-22(18)20(25)11-17)19-3-6-29(7-8-32)24(12-19)4-5-24/h9-11,13-14,19,32H,3-8,12H2,1-2H3. The highest BCUT2D eigenvalue weighted by atomic mass is 19.1. The first-order chi connectivity index (χ1) is 15.5. The zero-order valence-corrected chi connectivity index (χ0v) is 18.4. The van der Waals surface area contributed by atoms with E-state index in [0.717, 1.165) is 59.5 Å². The van der Waals surface area contributed by atoms with Crippen LogP contribution < -0.4 is 0 Å². The number of hydrogen-bond donors (Lipinski definition) is 1. The maximum absolute atomic E-state index is 15.1. The quantitative estimate of drug-likeness (QED) is 0.531. The Kier molecular flexibility index (Phi) is 4.39. The molecule has 1 aliphatic carbocycles. The highest BCUT2D eigenvalue weighted by Crippen LogP contribution is 2.51. The van der Waals surface area contributed by atoms with Crippen molar-refractivity contribution >= 4 is 16.6 Å². The summed E-state index contributed by atoms with van der Waals surface area (Å²) in [5.74, 6) is -0.323. The lowest BCUT2D eigenvalue weighted by molar-refractivity contribution is 0.0737. The Balaban J connectivity index is 1.35. The van der Waals surface area contributed by atoms with Gasteiger partial charge in [-0.05, 0) is 63.3 Å². The molecule has 0 radical (unpaired) electrons. The molecule has 4 heterocycles. The fourth-order valence-corrected chi connectivity index (χ4v) is 5.40. The molecule has 0 bridgehead atoms. The van der Waals surface area contributed by atoms with Gasteiger partial charge in [0.05, 0.1) is 30.2 Å². The van der Waals surface area contributed by atoms with Crippen LogP contribution in [-0.2, 0) is 0 Å². The van der Waals surface area contributed by atoms with Gasteiger partial charge in [-0.15, -0.1) is 0 Å². The van der Waals surface area contributed by atoms with Crippen LogP contribution in [0.2, 0.25) is 0 Å². The first-order valence-electron chi connectivity index (χ1n) is 11.3. The van der Waals surface area contributed by atoms with E-state index in [-0.39, 0.29) is 24.0 Å². The smallest absolute Gasteiger partial charge is 0.156 e. The van der Waals surface area contributed by atoms with Crippen LogP contribution in [0.15, 0.2) is 30.6 Å². The monoisotopic (exact) mass is 434 g/mol. The van der Waals surface area contributed by atoms with Crippen molar-refractivity contribution in [3.63, 3.8) is 0 Å². The van der Waals surface area contributed by atoms with Crippen molar-refractivity contribution in [2.75, 3.05) is 19.7 Å². The number of β-amino-alcohol motifs (C(OH)–C–C–N with tert-alkyl or cyclic N) is 1. The maximum Gasteiger partial charge on any atom is 0.156 e. The summed E-state index contributed by atoms with van der Waals surface area (Å²) >= 11 is 0. The van der Waals surface area contributed by atoms with Gasteiger partial charge in [-0.3, -0.25) is 9.58 Å². The predicted molar refractivity (Wildman–Crippen MR) is 120 cm³/mol. The van der Waals surface area contributed by atoms with Gasteiger partial charge in [0.2, 0.25) is 0 Å². The van der Waals surface area contributed by atoms with Gasteiger partial charge < -0.3 is 5.11 Å². The lowest BCUT2D eigenvalue weighted by Gasteiger charge is -2.40. The summed E-state index contributed by atoms with van der Waals surface area (Å²) in [5, 5.41) is 19.5. The van der Waals surface area contributed by atoms with Gasteiger partial charge >= 0.3 is 0 Å². The summed E-state index contributed by atoms with van der Waals surface area (Å²) in [5.41, 5.74) is 4.79. The van der Waals surface area contributed by atoms with Gasteiger partial charge in [0.15, 0.2) is 11.5 Å². The van der Waals surface area contributed by atoms with Crippen LogP contribution in [0.4, 0.5) is 4.39 Å². The van der Waals surface area contributed by atoms with Crippen molar-refractivity contribution in [1.29, 1.82) is 0 Å². The predicted octanol–water partition coefficient (Wildman–Crippen LogP) is 3.66. The molecule has 166 valence electrons. The van der Waals surface area contributed by atoms with E-state index in [1.54, 1.807) is 4.52 Å². The van der Waals surface area contributed by atoms with E-state index in [0.29, 0.717) is 5.52 Å². The second-order valence-corrected chi connectivity index (χ2v) is 9.45. The zero-order valence-electron chi connectivity index (χ0n) is 18.4. The van der Waals surface area contributed by atoms with Crippen molar-refractivity contribution in [3.8, 4) is 11.3 Å². The maximum atomic E-state index is 15.1. The highest BCUT2D eigenvalue weighted by Gasteiger charge is 2.51. The Morgan fingerprint density at radius 1 is 1.16 bits per heavy atom. The van der Waals surface area contributed by atoms with Gasteiger partial charge in [0, 0.05) is 35.8 Å². The lowest BCUT2D eigenvalue weighted by Crippen LogP contribution is -2.46. The Bertz CT molecular complexity index is 1340. The topological polar surface area (TPSA) is 71.5 Å². The van der Waals surface area contributed by atoms with Crippen LogP contribution in [-0.4, -0.2) is 59.6 Å². The van der Waals surface area contributed by atoms with E-state index < -0.39 is 0 Å². The van der Waals surface area contributed by atoms with E-state index in [1.165, 1.54) is 18.9 Å². The molecule has 1 spiro atoms. The molecule has 1 unspecified atom stereocenters. The number of halogens is 1. The van der Waals surface area contributed by atoms with E-state index >= 15 is 4.39 Å². The van der Waals surface area contributed by atoms with Crippen molar-refractivity contribution in [2.24, 2.45) is 0 Å². The minimum atomic E-state index is -0.323. The van der Waals surface area contributed by atoms with Crippen molar-refractivity contribution < 1.29 is 9.50 Å². The summed E-state index contributed by atoms with van der Waals surface area (Å²) in [6, 6.07) is 5.73. The molecule has 2 fully saturated rings. The number of benzene rings is 1. The normalized spacial score (nSPS) is 20.6. The Morgan fingerprint density at radius 3 is 2.78 bits per heavy atom. The summed E-state index contributed by atoms with van der Waals surface area (Å²) in [6.45, 7) is 5.82. The number of nitrogens with zero attached hydrogens (tertiary/aromatic N) is 6. The van der Waals surface area contributed by atoms with Crippen LogP contribution in [0.3, 0.4) is 0 Å². The third kappa shape index (κ3) is 3.12. The summed E-state index contributed by atoms with van der Waals surface area (Å²) in [4.78, 5) is 6.92. The molecule has 6 rings (SSSR count). The molecule has 7 nitrogen and oxygen atoms in total. The summed E-state index contributed by atoms with van der Waals surface area (Å²) in [6.07, 6.45) is 8.18. The minimum Gasteiger partial charge on any atom is -0.395 e. The molecule has 1 aliphatic heterocycles. The first kappa shape index (κ1) is 19.8. The molecule has 0 amide bonds. The fourth-order valence-electron chi connectivity index (χ4n) is 5.40. The van der Waals surface area contributed by atoms with Crippen molar-refractivity contribution in [3.05, 3.63) is 47.7 Å². The third-order valence-corrected chi connectivity index (χ3v) is 7.20. The SMILES string of the molecule is Cc1cn2nc(-c3cc(F)c4nn(C5CCN(CCO)C6(CC6)C5)cc4c3)cc(C)c2n1. The molecule has 1 saturated heterocycles. The number of likely N-dealkylation sites (tertiary alicyclic amines) is 1. The molecule has 1 saturated carbocycles. The molecule has 2 aliphatic rings. The highest BCUT2D eigenvalue weighted by molar-refractivity contribution is 5.84. The molecule has 4 aromatic rings. The molecular weight excluding hydrogens is 407 g/mol. The summed E-state index contributed by atoms with van der Waals surface area (Å²) < 4.78 is 18.8. The van der Waals surface area contributed by atoms with Crippen LogP contribution in [0.5, 0.6) is 0 Å². The number of fused-ring (bicyclic) bond motifs is 2. The number of aromatic nitrogens is 5. The van der Waals surface area contributed by atoms with Crippen LogP contribution in [0, 0.1) is 19.7 Å². The molecule has 1 N–H and O–H groups in total. The molecule has 32 heavy (non-hydrogen) atoms. The molecule has 8 heteroatoms. The number of aliphatic hydroxyl groups is 1. The van der Waals surface area contributed by atoms with Crippen LogP contribution >= 0.6 is 0 Å². The van der Waals surface area contributed by atoms with E-state index in [1.807, 2.05) is 43.1 Å². The van der Waals surface area contributed by atoms with Crippen molar-refractivity contribution in [1.82, 2.24) is 29.3 Å². The molecular formula is C24H27FN6O. The second kappa shape index (κ2) is 7.08. The number of aliphatic hydroxyl groups excluding tert-OH is 1. The number of piperidine rings is 1. The van der Waals surface area contributed by atoms with Gasteiger partial charge in [0.25, 0.3) is 0 Å². The zero-order chi connectivity index (χ0) is 22.0. The third-order valence-electron chi connectivity index (χ3n) is 7.20. The average Bonchev–Trinajstić information content (AvgIpc) is 3.20. The molecule has 1 atom stereocenters. The number of hydrogen-bond acceptors (Lipinski definition) is 5. The van der Waals surface area contributed by atoms with Gasteiger partial charge in [0.1, 0.15) is 5.52 Å². The Morgan fingerprint density at radius 2 is 2.00 bits per heavy atom. The van der Waals surface area contributed by atoms with Gasteiger partial charge in [-0.25, -0.2) is 13.9 Å². The Hall–Kier alpha value is -2.84. The lowest BCUT2D eigenvalue weighted by atomic mass is 9.95. The summed E-state index contributed by atoms with van der Waals surface area (Å²) in [7, 11) is 0. The first-order valence-corrected chi connectivity index (χ1v) is 11.3. The Labute approximate surface area is 185 Å². The van der Waals surface area contributed by atoms with E-state index in [9.17, 15) is 5.11 Å². The largest absolute Gasteiger partial charge is 0.395 e. The van der Waals surface area contributed by atoms with E-state index in [2.05, 4.69) is 20.1 Å². The van der Waals surface area contributed by atoms with Crippen LogP contribution in [0.1, 0.15) is 43.0 Å². The fraction of sp³-hybridized carbons (Fsp3) is 0.458.